The van der Waals surface area contributed by atoms with Crippen molar-refractivity contribution in [3.63, 3.8) is 0 Å². The molecule has 0 radical (unpaired) electrons. The molecule has 0 unspecified atom stereocenters. The zero-order valence-electron chi connectivity index (χ0n) is 15.2. The fourth-order valence-electron chi connectivity index (χ4n) is 2.99. The highest BCUT2D eigenvalue weighted by atomic mass is 32.1. The van der Waals surface area contributed by atoms with E-state index in [0.717, 1.165) is 5.56 Å². The smallest absolute Gasteiger partial charge is 0.353 e. The lowest BCUT2D eigenvalue weighted by atomic mass is 10.0. The Bertz CT molecular complexity index is 1200. The van der Waals surface area contributed by atoms with Crippen LogP contribution in [0.4, 0.5) is 0 Å². The molecule has 4 aromatic rings. The van der Waals surface area contributed by atoms with Crippen molar-refractivity contribution in [1.82, 2.24) is 0 Å². The van der Waals surface area contributed by atoms with Crippen molar-refractivity contribution in [2.45, 2.75) is 6.92 Å². The maximum Gasteiger partial charge on any atom is 0.353 e. The molecule has 4 rings (SSSR count). The minimum absolute atomic E-state index is 0.139. The number of fused-ring (bicyclic) bond motifs is 1. The van der Waals surface area contributed by atoms with Gasteiger partial charge < -0.3 is 13.9 Å². The highest BCUT2D eigenvalue weighted by molar-refractivity contribution is 7.12. The summed E-state index contributed by atoms with van der Waals surface area (Å²) in [6.45, 7) is 1.74. The first kappa shape index (κ1) is 18.0. The molecular formula is C22H16O5S. The zero-order valence-corrected chi connectivity index (χ0v) is 16.0. The summed E-state index contributed by atoms with van der Waals surface area (Å²) < 4.78 is 16.4. The van der Waals surface area contributed by atoms with Crippen molar-refractivity contribution in [2.24, 2.45) is 0 Å². The zero-order chi connectivity index (χ0) is 19.7. The summed E-state index contributed by atoms with van der Waals surface area (Å²) in [4.78, 5) is 25.7. The molecular weight excluding hydrogens is 376 g/mol. The van der Waals surface area contributed by atoms with E-state index in [1.54, 1.807) is 61.9 Å². The molecule has 0 aliphatic carbocycles. The highest BCUT2D eigenvalue weighted by Gasteiger charge is 2.16. The molecule has 0 saturated carbocycles. The normalized spacial score (nSPS) is 10.8. The topological polar surface area (TPSA) is 65.7 Å². The van der Waals surface area contributed by atoms with E-state index in [2.05, 4.69) is 0 Å². The number of hydrogen-bond donors (Lipinski definition) is 0. The van der Waals surface area contributed by atoms with Crippen LogP contribution in [0.2, 0.25) is 0 Å². The number of carbonyl (C=O) groups excluding carboxylic acids is 1. The van der Waals surface area contributed by atoms with E-state index < -0.39 is 5.97 Å². The Kier molecular flexibility index (Phi) is 4.71. The summed E-state index contributed by atoms with van der Waals surface area (Å²) in [6, 6.07) is 15.5. The lowest BCUT2D eigenvalue weighted by Crippen LogP contribution is -2.09. The van der Waals surface area contributed by atoms with Crippen molar-refractivity contribution >= 4 is 28.3 Å². The molecule has 5 nitrogen and oxygen atoms in total. The molecule has 0 fully saturated rings. The number of hydrogen-bond acceptors (Lipinski definition) is 6. The fourth-order valence-corrected chi connectivity index (χ4v) is 3.59. The molecule has 2 heterocycles. The molecule has 0 N–H and O–H groups in total. The Morgan fingerprint density at radius 1 is 1.04 bits per heavy atom. The summed E-state index contributed by atoms with van der Waals surface area (Å²) in [7, 11) is 1.59. The second kappa shape index (κ2) is 7.32. The van der Waals surface area contributed by atoms with Gasteiger partial charge in [0.25, 0.3) is 0 Å². The van der Waals surface area contributed by atoms with E-state index in [4.69, 9.17) is 13.9 Å². The van der Waals surface area contributed by atoms with Crippen LogP contribution in [0, 0.1) is 6.92 Å². The van der Waals surface area contributed by atoms with Gasteiger partial charge in [-0.1, -0.05) is 18.2 Å². The first-order chi connectivity index (χ1) is 13.6. The number of carbonyl (C=O) groups is 1. The standard InChI is InChI=1S/C22H16O5S/c1-13-20(14-5-7-15(25-2)8-6-14)21(23)17-10-9-16(12-18(17)26-13)27-22(24)19-4-3-11-28-19/h3-12H,1-2H3. The third kappa shape index (κ3) is 3.30. The quantitative estimate of drug-likeness (QED) is 0.359. The molecule has 0 amide bonds. The molecule has 0 aliphatic heterocycles. The summed E-state index contributed by atoms with van der Waals surface area (Å²) in [5.41, 5.74) is 1.48. The van der Waals surface area contributed by atoms with Crippen molar-refractivity contribution in [3.05, 3.63) is 80.8 Å². The van der Waals surface area contributed by atoms with Gasteiger partial charge in [-0.3, -0.25) is 4.79 Å². The Morgan fingerprint density at radius 2 is 1.79 bits per heavy atom. The molecule has 0 atom stereocenters. The second-order valence-electron chi connectivity index (χ2n) is 6.12. The molecule has 0 spiro atoms. The van der Waals surface area contributed by atoms with Crippen molar-refractivity contribution in [1.29, 1.82) is 0 Å². The molecule has 0 saturated heterocycles. The van der Waals surface area contributed by atoms with Crippen LogP contribution in [0.25, 0.3) is 22.1 Å². The second-order valence-corrected chi connectivity index (χ2v) is 7.06. The van der Waals surface area contributed by atoms with Crippen LogP contribution in [0.3, 0.4) is 0 Å². The number of aryl methyl sites for hydroxylation is 1. The lowest BCUT2D eigenvalue weighted by molar-refractivity contribution is 0.0740. The van der Waals surface area contributed by atoms with E-state index >= 15 is 0 Å². The van der Waals surface area contributed by atoms with Crippen LogP contribution < -0.4 is 14.9 Å². The van der Waals surface area contributed by atoms with Crippen LogP contribution in [-0.4, -0.2) is 13.1 Å². The van der Waals surface area contributed by atoms with Gasteiger partial charge in [0.15, 0.2) is 0 Å². The fraction of sp³-hybridized carbons (Fsp3) is 0.0909. The van der Waals surface area contributed by atoms with E-state index in [1.165, 1.54) is 11.3 Å². The van der Waals surface area contributed by atoms with Crippen molar-refractivity contribution in [2.75, 3.05) is 7.11 Å². The van der Waals surface area contributed by atoms with Gasteiger partial charge in [0.1, 0.15) is 27.7 Å². The minimum atomic E-state index is -0.441. The monoisotopic (exact) mass is 392 g/mol. The van der Waals surface area contributed by atoms with Crippen LogP contribution in [0.5, 0.6) is 11.5 Å². The Morgan fingerprint density at radius 3 is 2.46 bits per heavy atom. The molecule has 2 aromatic carbocycles. The van der Waals surface area contributed by atoms with E-state index in [-0.39, 0.29) is 5.43 Å². The van der Waals surface area contributed by atoms with Gasteiger partial charge in [-0.05, 0) is 48.2 Å². The van der Waals surface area contributed by atoms with Crippen LogP contribution in [-0.2, 0) is 0 Å². The van der Waals surface area contributed by atoms with Crippen molar-refractivity contribution < 1.29 is 18.7 Å². The first-order valence-corrected chi connectivity index (χ1v) is 9.42. The summed E-state index contributed by atoms with van der Waals surface area (Å²) in [6.07, 6.45) is 0. The molecule has 2 aromatic heterocycles. The largest absolute Gasteiger partial charge is 0.497 e. The lowest BCUT2D eigenvalue weighted by Gasteiger charge is -2.09. The number of methoxy groups -OCH3 is 1. The van der Waals surface area contributed by atoms with Crippen LogP contribution >= 0.6 is 11.3 Å². The summed E-state index contributed by atoms with van der Waals surface area (Å²) >= 11 is 1.30. The number of benzene rings is 2. The SMILES string of the molecule is COc1ccc(-c2c(C)oc3cc(OC(=O)c4cccs4)ccc3c2=O)cc1. The minimum Gasteiger partial charge on any atom is -0.497 e. The average molecular weight is 392 g/mol. The maximum atomic E-state index is 13.0. The predicted octanol–water partition coefficient (Wildman–Crippen LogP) is 5.06. The van der Waals surface area contributed by atoms with Crippen LogP contribution in [0.15, 0.2) is 69.2 Å². The van der Waals surface area contributed by atoms with Crippen LogP contribution in [0.1, 0.15) is 15.4 Å². The van der Waals surface area contributed by atoms with Gasteiger partial charge in [0, 0.05) is 6.07 Å². The molecule has 28 heavy (non-hydrogen) atoms. The van der Waals surface area contributed by atoms with Gasteiger partial charge in [-0.2, -0.15) is 0 Å². The molecule has 0 bridgehead atoms. The Hall–Kier alpha value is -3.38. The maximum absolute atomic E-state index is 13.0. The number of thiophene rings is 1. The van der Waals surface area contributed by atoms with Gasteiger partial charge in [0.2, 0.25) is 5.43 Å². The number of ether oxygens (including phenoxy) is 2. The van der Waals surface area contributed by atoms with E-state index in [1.807, 2.05) is 12.1 Å². The number of esters is 1. The van der Waals surface area contributed by atoms with Gasteiger partial charge in [-0.15, -0.1) is 11.3 Å². The summed E-state index contributed by atoms with van der Waals surface area (Å²) in [5.74, 6) is 1.09. The number of rotatable bonds is 4. The summed E-state index contributed by atoms with van der Waals surface area (Å²) in [5, 5.41) is 2.23. The van der Waals surface area contributed by atoms with Gasteiger partial charge in [-0.25, -0.2) is 4.79 Å². The molecule has 140 valence electrons. The molecule has 0 aliphatic rings. The van der Waals surface area contributed by atoms with Crippen molar-refractivity contribution in [3.8, 4) is 22.6 Å². The predicted molar refractivity (Wildman–Crippen MR) is 108 cm³/mol. The average Bonchev–Trinajstić information content (AvgIpc) is 3.23. The third-order valence-electron chi connectivity index (χ3n) is 4.35. The third-order valence-corrected chi connectivity index (χ3v) is 5.20. The van der Waals surface area contributed by atoms with Gasteiger partial charge in [0.05, 0.1) is 18.1 Å². The highest BCUT2D eigenvalue weighted by Crippen LogP contribution is 2.28. The molecule has 6 heteroatoms. The first-order valence-electron chi connectivity index (χ1n) is 8.54. The van der Waals surface area contributed by atoms with Gasteiger partial charge >= 0.3 is 5.97 Å². The Labute approximate surface area is 164 Å². The van der Waals surface area contributed by atoms with E-state index in [0.29, 0.717) is 38.7 Å². The Balaban J connectivity index is 1.73. The van der Waals surface area contributed by atoms with E-state index in [9.17, 15) is 9.59 Å².